The molecule has 4 rings (SSSR count). The molecule has 2 aromatic carbocycles. The first-order valence-electron chi connectivity index (χ1n) is 10.4. The van der Waals surface area contributed by atoms with Crippen LogP contribution < -0.4 is 15.8 Å². The van der Waals surface area contributed by atoms with Gasteiger partial charge in [-0.05, 0) is 37.5 Å². The van der Waals surface area contributed by atoms with E-state index in [1.165, 1.54) is 10.2 Å². The lowest BCUT2D eigenvalue weighted by molar-refractivity contribution is -0.125. The van der Waals surface area contributed by atoms with Crippen molar-refractivity contribution in [2.24, 2.45) is 5.92 Å². The van der Waals surface area contributed by atoms with Crippen LogP contribution in [0, 0.1) is 12.8 Å². The highest BCUT2D eigenvalue weighted by molar-refractivity contribution is 6.33. The van der Waals surface area contributed by atoms with E-state index in [1.54, 1.807) is 6.20 Å². The summed E-state index contributed by atoms with van der Waals surface area (Å²) in [5.41, 5.74) is 3.24. The van der Waals surface area contributed by atoms with E-state index in [1.807, 2.05) is 66.4 Å². The zero-order valence-corrected chi connectivity index (χ0v) is 18.2. The van der Waals surface area contributed by atoms with Gasteiger partial charge in [-0.25, -0.2) is 0 Å². The van der Waals surface area contributed by atoms with Gasteiger partial charge in [0.2, 0.25) is 5.91 Å². The lowest BCUT2D eigenvalue weighted by Gasteiger charge is -2.33. The van der Waals surface area contributed by atoms with Crippen LogP contribution in [0.4, 0.5) is 5.69 Å². The van der Waals surface area contributed by atoms with Gasteiger partial charge in [-0.1, -0.05) is 59.6 Å². The molecule has 1 aliphatic rings. The molecule has 6 nitrogen and oxygen atoms in total. The number of piperidine rings is 1. The number of nitrogens with one attached hydrogen (secondary N) is 1. The maximum absolute atomic E-state index is 12.7. The van der Waals surface area contributed by atoms with Gasteiger partial charge in [0.15, 0.2) is 0 Å². The summed E-state index contributed by atoms with van der Waals surface area (Å²) in [6, 6.07) is 17.4. The summed E-state index contributed by atoms with van der Waals surface area (Å²) < 4.78 is 1.30. The molecular formula is C24H25ClN4O2. The number of amides is 1. The number of hydrogen-bond acceptors (Lipinski definition) is 4. The average Bonchev–Trinajstić information content (AvgIpc) is 2.81. The van der Waals surface area contributed by atoms with Crippen molar-refractivity contribution < 1.29 is 4.79 Å². The minimum atomic E-state index is -0.344. The van der Waals surface area contributed by atoms with Crippen LogP contribution in [-0.2, 0) is 11.3 Å². The zero-order valence-electron chi connectivity index (χ0n) is 17.4. The Bertz CT molecular complexity index is 1100. The van der Waals surface area contributed by atoms with Gasteiger partial charge in [-0.2, -0.15) is 9.78 Å². The first kappa shape index (κ1) is 21.1. The molecule has 0 atom stereocenters. The molecule has 1 aromatic heterocycles. The highest BCUT2D eigenvalue weighted by atomic mass is 35.5. The number of carbonyl (C=O) groups excluding carboxylic acids is 1. The number of nitrogens with zero attached hydrogens (tertiary/aromatic N) is 3. The van der Waals surface area contributed by atoms with Gasteiger partial charge < -0.3 is 10.2 Å². The highest BCUT2D eigenvalue weighted by Gasteiger charge is 2.27. The molecule has 0 bridgehead atoms. The molecule has 0 aliphatic carbocycles. The number of para-hydroxylation sites is 1. The molecular weight excluding hydrogens is 412 g/mol. The van der Waals surface area contributed by atoms with Crippen LogP contribution in [0.15, 0.2) is 65.6 Å². The second-order valence-corrected chi connectivity index (χ2v) is 8.24. The number of carbonyl (C=O) groups is 1. The van der Waals surface area contributed by atoms with E-state index < -0.39 is 0 Å². The summed E-state index contributed by atoms with van der Waals surface area (Å²) in [5.74, 6) is 0.0297. The van der Waals surface area contributed by atoms with E-state index in [4.69, 9.17) is 11.6 Å². The SMILES string of the molecule is Cc1ccc(CNC(=O)C2CCN(c3cnn(-c4ccccc4)c(=O)c3Cl)CC2)cc1. The van der Waals surface area contributed by atoms with Crippen molar-refractivity contribution in [3.05, 3.63) is 87.3 Å². The molecule has 0 unspecified atom stereocenters. The summed E-state index contributed by atoms with van der Waals surface area (Å²) in [6.07, 6.45) is 3.05. The van der Waals surface area contributed by atoms with Crippen molar-refractivity contribution in [3.63, 3.8) is 0 Å². The van der Waals surface area contributed by atoms with Crippen LogP contribution in [-0.4, -0.2) is 28.8 Å². The zero-order chi connectivity index (χ0) is 21.8. The second-order valence-electron chi connectivity index (χ2n) is 7.86. The fraction of sp³-hybridized carbons (Fsp3) is 0.292. The van der Waals surface area contributed by atoms with Crippen molar-refractivity contribution in [1.82, 2.24) is 15.1 Å². The van der Waals surface area contributed by atoms with Gasteiger partial charge in [0.25, 0.3) is 5.56 Å². The normalized spacial score (nSPS) is 14.5. The monoisotopic (exact) mass is 436 g/mol. The van der Waals surface area contributed by atoms with Gasteiger partial charge in [0.1, 0.15) is 5.02 Å². The number of anilines is 1. The van der Waals surface area contributed by atoms with Crippen LogP contribution >= 0.6 is 11.6 Å². The molecule has 160 valence electrons. The molecule has 31 heavy (non-hydrogen) atoms. The number of rotatable bonds is 5. The Hall–Kier alpha value is -3.12. The quantitative estimate of drug-likeness (QED) is 0.661. The van der Waals surface area contributed by atoms with E-state index >= 15 is 0 Å². The summed E-state index contributed by atoms with van der Waals surface area (Å²) in [4.78, 5) is 27.3. The summed E-state index contributed by atoms with van der Waals surface area (Å²) >= 11 is 6.41. The van der Waals surface area contributed by atoms with Crippen LogP contribution in [0.1, 0.15) is 24.0 Å². The fourth-order valence-electron chi connectivity index (χ4n) is 3.82. The van der Waals surface area contributed by atoms with Crippen molar-refractivity contribution in [3.8, 4) is 5.69 Å². The molecule has 1 saturated heterocycles. The van der Waals surface area contributed by atoms with Gasteiger partial charge in [-0.15, -0.1) is 0 Å². The smallest absolute Gasteiger partial charge is 0.292 e. The Labute approximate surface area is 186 Å². The Balaban J connectivity index is 1.37. The molecule has 1 fully saturated rings. The Morgan fingerprint density at radius 3 is 2.45 bits per heavy atom. The Morgan fingerprint density at radius 1 is 1.10 bits per heavy atom. The summed E-state index contributed by atoms with van der Waals surface area (Å²) in [5, 5.41) is 7.50. The molecule has 0 spiro atoms. The molecule has 7 heteroatoms. The molecule has 0 saturated carbocycles. The molecule has 1 N–H and O–H groups in total. The predicted octanol–water partition coefficient (Wildman–Crippen LogP) is 3.73. The van der Waals surface area contributed by atoms with Crippen LogP contribution in [0.2, 0.25) is 5.02 Å². The Kier molecular flexibility index (Phi) is 6.37. The maximum atomic E-state index is 12.7. The van der Waals surface area contributed by atoms with Gasteiger partial charge in [-0.3, -0.25) is 9.59 Å². The fourth-order valence-corrected chi connectivity index (χ4v) is 4.07. The molecule has 0 radical (unpaired) electrons. The molecule has 1 amide bonds. The molecule has 1 aliphatic heterocycles. The van der Waals surface area contributed by atoms with Crippen molar-refractivity contribution in [2.45, 2.75) is 26.3 Å². The van der Waals surface area contributed by atoms with E-state index in [0.717, 1.165) is 5.56 Å². The minimum absolute atomic E-state index is 0.0434. The summed E-state index contributed by atoms with van der Waals surface area (Å²) in [6.45, 7) is 3.88. The second kappa shape index (κ2) is 9.35. The third-order valence-corrected chi connectivity index (χ3v) is 6.05. The standard InChI is InChI=1S/C24H25ClN4O2/c1-17-7-9-18(10-8-17)15-26-23(30)19-11-13-28(14-12-19)21-16-27-29(24(31)22(21)25)20-5-3-2-4-6-20/h2-10,16,19H,11-15H2,1H3,(H,26,30). The first-order chi connectivity index (χ1) is 15.0. The number of aryl methyl sites for hydroxylation is 1. The van der Waals surface area contributed by atoms with Gasteiger partial charge in [0, 0.05) is 25.6 Å². The lowest BCUT2D eigenvalue weighted by atomic mass is 9.95. The van der Waals surface area contributed by atoms with E-state index in [0.29, 0.717) is 43.9 Å². The minimum Gasteiger partial charge on any atom is -0.369 e. The van der Waals surface area contributed by atoms with Crippen molar-refractivity contribution in [1.29, 1.82) is 0 Å². The number of halogens is 1. The molecule has 3 aromatic rings. The van der Waals surface area contributed by atoms with Crippen molar-refractivity contribution in [2.75, 3.05) is 18.0 Å². The van der Waals surface area contributed by atoms with E-state index in [9.17, 15) is 9.59 Å². The summed E-state index contributed by atoms with van der Waals surface area (Å²) in [7, 11) is 0. The van der Waals surface area contributed by atoms with E-state index in [2.05, 4.69) is 10.4 Å². The number of aromatic nitrogens is 2. The maximum Gasteiger partial charge on any atom is 0.292 e. The van der Waals surface area contributed by atoms with Gasteiger partial charge in [0.05, 0.1) is 17.6 Å². The largest absolute Gasteiger partial charge is 0.369 e. The lowest BCUT2D eigenvalue weighted by Crippen LogP contribution is -2.41. The molecule has 2 heterocycles. The number of hydrogen-bond donors (Lipinski definition) is 1. The van der Waals surface area contributed by atoms with Crippen LogP contribution in [0.5, 0.6) is 0 Å². The average molecular weight is 437 g/mol. The van der Waals surface area contributed by atoms with Crippen molar-refractivity contribution >= 4 is 23.2 Å². The topological polar surface area (TPSA) is 67.2 Å². The van der Waals surface area contributed by atoms with E-state index in [-0.39, 0.29) is 22.4 Å². The van der Waals surface area contributed by atoms with Gasteiger partial charge >= 0.3 is 0 Å². The van der Waals surface area contributed by atoms with Crippen LogP contribution in [0.3, 0.4) is 0 Å². The highest BCUT2D eigenvalue weighted by Crippen LogP contribution is 2.27. The third kappa shape index (κ3) is 4.80. The Morgan fingerprint density at radius 2 is 1.77 bits per heavy atom. The first-order valence-corrected chi connectivity index (χ1v) is 10.8. The number of benzene rings is 2. The third-order valence-electron chi connectivity index (χ3n) is 5.70. The predicted molar refractivity (Wildman–Crippen MR) is 123 cm³/mol. The van der Waals surface area contributed by atoms with Crippen LogP contribution in [0.25, 0.3) is 5.69 Å².